The predicted octanol–water partition coefficient (Wildman–Crippen LogP) is 6.04. The van der Waals surface area contributed by atoms with Gasteiger partial charge in [0.15, 0.2) is 0 Å². The first kappa shape index (κ1) is 24.8. The van der Waals surface area contributed by atoms with Gasteiger partial charge in [0.1, 0.15) is 0 Å². The summed E-state index contributed by atoms with van der Waals surface area (Å²) in [6.07, 6.45) is 4.67. The Kier molecular flexibility index (Phi) is 7.76. The summed E-state index contributed by atoms with van der Waals surface area (Å²) in [4.78, 5) is 27.2. The molecule has 0 spiro atoms. The third-order valence-corrected chi connectivity index (χ3v) is 6.90. The molecule has 1 fully saturated rings. The third-order valence-electron chi connectivity index (χ3n) is 6.49. The first-order valence-corrected chi connectivity index (χ1v) is 12.5. The van der Waals surface area contributed by atoms with Crippen molar-refractivity contribution in [2.45, 2.75) is 52.9 Å². The van der Waals surface area contributed by atoms with Crippen LogP contribution in [0, 0.1) is 20.8 Å². The van der Waals surface area contributed by atoms with Crippen LogP contribution in [0.1, 0.15) is 48.2 Å². The van der Waals surface area contributed by atoms with E-state index in [4.69, 9.17) is 11.6 Å². The van der Waals surface area contributed by atoms with Crippen molar-refractivity contribution in [1.82, 2.24) is 14.7 Å². The molecule has 0 saturated carbocycles. The van der Waals surface area contributed by atoms with Gasteiger partial charge in [0.05, 0.1) is 17.8 Å². The molecule has 0 unspecified atom stereocenters. The van der Waals surface area contributed by atoms with Crippen LogP contribution in [0.25, 0.3) is 5.69 Å². The molecule has 3 amide bonds. The van der Waals surface area contributed by atoms with Crippen molar-refractivity contribution in [2.24, 2.45) is 0 Å². The molecule has 1 saturated heterocycles. The molecule has 35 heavy (non-hydrogen) atoms. The fourth-order valence-corrected chi connectivity index (χ4v) is 4.55. The maximum absolute atomic E-state index is 12.8. The molecule has 0 radical (unpaired) electrons. The number of nitrogens with zero attached hydrogens (tertiary/aromatic N) is 3. The molecule has 7 nitrogen and oxygen atoms in total. The third kappa shape index (κ3) is 6.03. The lowest BCUT2D eigenvalue weighted by Crippen LogP contribution is -2.35. The van der Waals surface area contributed by atoms with Crippen LogP contribution in [0.4, 0.5) is 16.2 Å². The lowest BCUT2D eigenvalue weighted by atomic mass is 10.1. The first-order chi connectivity index (χ1) is 16.8. The van der Waals surface area contributed by atoms with Crippen molar-refractivity contribution < 1.29 is 9.59 Å². The number of likely N-dealkylation sites (tertiary alicyclic amines) is 1. The summed E-state index contributed by atoms with van der Waals surface area (Å²) in [7, 11) is 0. The number of hydrogen-bond donors (Lipinski definition) is 2. The monoisotopic (exact) mass is 493 g/mol. The van der Waals surface area contributed by atoms with Gasteiger partial charge in [-0.15, -0.1) is 0 Å². The summed E-state index contributed by atoms with van der Waals surface area (Å²) >= 11 is 6.29. The lowest BCUT2D eigenvalue weighted by molar-refractivity contribution is -0.115. The zero-order valence-corrected chi connectivity index (χ0v) is 21.3. The van der Waals surface area contributed by atoms with Crippen LogP contribution in [0.3, 0.4) is 0 Å². The summed E-state index contributed by atoms with van der Waals surface area (Å²) in [6.45, 7) is 7.42. The van der Waals surface area contributed by atoms with Crippen molar-refractivity contribution >= 4 is 34.9 Å². The predicted molar refractivity (Wildman–Crippen MR) is 141 cm³/mol. The SMILES string of the molecule is Cc1ccc(-n2nc(C)c(CC(=O)Nc3ccc(NC(=O)N4CCCCCC4)cc3)c2C)cc1Cl. The Labute approximate surface area is 211 Å². The highest BCUT2D eigenvalue weighted by Gasteiger charge is 2.18. The fourth-order valence-electron chi connectivity index (χ4n) is 4.37. The van der Waals surface area contributed by atoms with Gasteiger partial charge in [0, 0.05) is 40.7 Å². The number of benzene rings is 2. The van der Waals surface area contributed by atoms with Gasteiger partial charge in [-0.25, -0.2) is 9.48 Å². The Bertz CT molecular complexity index is 1210. The maximum atomic E-state index is 12.8. The maximum Gasteiger partial charge on any atom is 0.321 e. The quantitative estimate of drug-likeness (QED) is 0.454. The van der Waals surface area contributed by atoms with E-state index in [1.165, 1.54) is 12.8 Å². The van der Waals surface area contributed by atoms with E-state index < -0.39 is 0 Å². The fraction of sp³-hybridized carbons (Fsp3) is 0.370. The smallest absolute Gasteiger partial charge is 0.321 e. The first-order valence-electron chi connectivity index (χ1n) is 12.1. The van der Waals surface area contributed by atoms with E-state index >= 15 is 0 Å². The molecule has 184 valence electrons. The second kappa shape index (κ2) is 11.0. The number of anilines is 2. The van der Waals surface area contributed by atoms with E-state index in [1.807, 2.05) is 48.6 Å². The van der Waals surface area contributed by atoms with Gasteiger partial charge in [-0.05, 0) is 75.6 Å². The molecule has 2 N–H and O–H groups in total. The van der Waals surface area contributed by atoms with E-state index in [0.717, 1.165) is 54.1 Å². The minimum absolute atomic E-state index is 0.0680. The van der Waals surface area contributed by atoms with E-state index in [-0.39, 0.29) is 18.4 Å². The summed E-state index contributed by atoms with van der Waals surface area (Å²) < 4.78 is 1.82. The normalized spacial score (nSPS) is 13.9. The van der Waals surface area contributed by atoms with Gasteiger partial charge < -0.3 is 15.5 Å². The second-order valence-electron chi connectivity index (χ2n) is 9.13. The highest BCUT2D eigenvalue weighted by Crippen LogP contribution is 2.24. The Hall–Kier alpha value is -3.32. The number of nitrogens with one attached hydrogen (secondary N) is 2. The van der Waals surface area contributed by atoms with Gasteiger partial charge in [-0.2, -0.15) is 5.10 Å². The van der Waals surface area contributed by atoms with Crippen LogP contribution < -0.4 is 10.6 Å². The molecule has 1 aliphatic rings. The van der Waals surface area contributed by atoms with Crippen molar-refractivity contribution in [1.29, 1.82) is 0 Å². The number of aryl methyl sites for hydroxylation is 2. The summed E-state index contributed by atoms with van der Waals surface area (Å²) in [6, 6.07) is 13.0. The topological polar surface area (TPSA) is 79.3 Å². The van der Waals surface area contributed by atoms with Crippen molar-refractivity contribution in [3.8, 4) is 5.69 Å². The standard InChI is InChI=1S/C27H32ClN5O2/c1-18-8-13-23(16-25(18)28)33-20(3)24(19(2)31-33)17-26(34)29-21-9-11-22(12-10-21)30-27(35)32-14-6-4-5-7-15-32/h8-13,16H,4-7,14-15,17H2,1-3H3,(H,29,34)(H,30,35). The highest BCUT2D eigenvalue weighted by molar-refractivity contribution is 6.31. The minimum Gasteiger partial charge on any atom is -0.326 e. The van der Waals surface area contributed by atoms with E-state index in [0.29, 0.717) is 16.4 Å². The number of amides is 3. The Morgan fingerprint density at radius 3 is 2.17 bits per heavy atom. The molecule has 4 rings (SSSR count). The van der Waals surface area contributed by atoms with Gasteiger partial charge in [-0.1, -0.05) is 30.5 Å². The second-order valence-corrected chi connectivity index (χ2v) is 9.54. The van der Waals surface area contributed by atoms with Gasteiger partial charge in [0.25, 0.3) is 0 Å². The number of urea groups is 1. The number of aromatic nitrogens is 2. The lowest BCUT2D eigenvalue weighted by Gasteiger charge is -2.20. The summed E-state index contributed by atoms with van der Waals surface area (Å²) in [5, 5.41) is 11.2. The molecule has 8 heteroatoms. The van der Waals surface area contributed by atoms with Gasteiger partial charge >= 0.3 is 6.03 Å². The molecule has 3 aromatic rings. The summed E-state index contributed by atoms with van der Waals surface area (Å²) in [5.74, 6) is -0.126. The number of carbonyl (C=O) groups is 2. The molecule has 0 atom stereocenters. The van der Waals surface area contributed by atoms with Crippen molar-refractivity contribution in [2.75, 3.05) is 23.7 Å². The van der Waals surface area contributed by atoms with Crippen molar-refractivity contribution in [3.05, 3.63) is 70.0 Å². The molecular formula is C27H32ClN5O2. The number of halogens is 1. The van der Waals surface area contributed by atoms with Crippen LogP contribution in [0.5, 0.6) is 0 Å². The van der Waals surface area contributed by atoms with Gasteiger partial charge in [-0.3, -0.25) is 4.79 Å². The molecule has 1 aromatic heterocycles. The molecule has 0 aliphatic carbocycles. The van der Waals surface area contributed by atoms with Crippen LogP contribution in [0.2, 0.25) is 5.02 Å². The zero-order chi connectivity index (χ0) is 24.9. The van der Waals surface area contributed by atoms with E-state index in [2.05, 4.69) is 15.7 Å². The Balaban J connectivity index is 1.37. The number of carbonyl (C=O) groups excluding carboxylic acids is 2. The average molecular weight is 494 g/mol. The van der Waals surface area contributed by atoms with Crippen LogP contribution >= 0.6 is 11.6 Å². The number of rotatable bonds is 5. The molecule has 1 aliphatic heterocycles. The molecular weight excluding hydrogens is 462 g/mol. The average Bonchev–Trinajstić information content (AvgIpc) is 3.02. The number of hydrogen-bond acceptors (Lipinski definition) is 3. The minimum atomic E-state index is -0.126. The van der Waals surface area contributed by atoms with Crippen LogP contribution in [-0.2, 0) is 11.2 Å². The van der Waals surface area contributed by atoms with Gasteiger partial charge in [0.2, 0.25) is 5.91 Å². The Morgan fingerprint density at radius 2 is 1.54 bits per heavy atom. The largest absolute Gasteiger partial charge is 0.326 e. The van der Waals surface area contributed by atoms with Crippen LogP contribution in [0.15, 0.2) is 42.5 Å². The highest BCUT2D eigenvalue weighted by atomic mass is 35.5. The van der Waals surface area contributed by atoms with Crippen LogP contribution in [-0.4, -0.2) is 39.7 Å². The van der Waals surface area contributed by atoms with E-state index in [1.54, 1.807) is 24.3 Å². The Morgan fingerprint density at radius 1 is 0.914 bits per heavy atom. The summed E-state index contributed by atoms with van der Waals surface area (Å²) in [5.41, 5.74) is 5.86. The van der Waals surface area contributed by atoms with E-state index in [9.17, 15) is 9.59 Å². The molecule has 2 heterocycles. The molecule has 2 aromatic carbocycles. The molecule has 0 bridgehead atoms. The van der Waals surface area contributed by atoms with Crippen molar-refractivity contribution in [3.63, 3.8) is 0 Å². The zero-order valence-electron chi connectivity index (χ0n) is 20.5.